The molecule has 2 rings (SSSR count). The van der Waals surface area contributed by atoms with Gasteiger partial charge < -0.3 is 31.5 Å². The number of hydrogen-bond acceptors (Lipinski definition) is 7. The van der Waals surface area contributed by atoms with Crippen LogP contribution < -0.4 is 21.3 Å². The van der Waals surface area contributed by atoms with Crippen LogP contribution in [0.2, 0.25) is 0 Å². The summed E-state index contributed by atoms with van der Waals surface area (Å²) in [5.74, 6) is -1.85. The van der Waals surface area contributed by atoms with Gasteiger partial charge >= 0.3 is 5.97 Å². The Kier molecular flexibility index (Phi) is 18.8. The van der Waals surface area contributed by atoms with Crippen molar-refractivity contribution >= 4 is 52.1 Å². The molecule has 288 valence electrons. The number of phenolic OH excluding ortho intramolecular Hbond substituents is 1. The average Bonchev–Trinajstić information content (AvgIpc) is 3.05. The second kappa shape index (κ2) is 21.9. The van der Waals surface area contributed by atoms with E-state index >= 15 is 0 Å². The SMILES string of the molecule is CC(C)(C)NC(Cc1ccc(O)c(I)c1)C(=O)NC(Cc1ccccc1)C(=O)NC(CCCCNC(=O)CCCCCCC(=O)C(C)(C)C)C(=O)O. The third-order valence-electron chi connectivity index (χ3n) is 8.54. The summed E-state index contributed by atoms with van der Waals surface area (Å²) >= 11 is 2.03. The predicted octanol–water partition coefficient (Wildman–Crippen LogP) is 5.84. The molecule has 0 aliphatic carbocycles. The third-order valence-corrected chi connectivity index (χ3v) is 9.41. The number of amides is 3. The van der Waals surface area contributed by atoms with E-state index in [0.29, 0.717) is 42.2 Å². The van der Waals surface area contributed by atoms with Crippen LogP contribution >= 0.6 is 22.6 Å². The van der Waals surface area contributed by atoms with Gasteiger partial charge in [-0.3, -0.25) is 19.2 Å². The van der Waals surface area contributed by atoms with Gasteiger partial charge in [-0.05, 0) is 105 Å². The van der Waals surface area contributed by atoms with E-state index in [4.69, 9.17) is 0 Å². The minimum Gasteiger partial charge on any atom is -0.507 e. The molecule has 6 N–H and O–H groups in total. The van der Waals surface area contributed by atoms with E-state index in [-0.39, 0.29) is 35.7 Å². The van der Waals surface area contributed by atoms with Gasteiger partial charge in [-0.15, -0.1) is 0 Å². The van der Waals surface area contributed by atoms with Crippen molar-refractivity contribution in [3.8, 4) is 5.75 Å². The number of aliphatic carboxylic acids is 1. The molecule has 3 amide bonds. The lowest BCUT2D eigenvalue weighted by molar-refractivity contribution is -0.142. The van der Waals surface area contributed by atoms with Gasteiger partial charge in [-0.1, -0.05) is 70.0 Å². The Morgan fingerprint density at radius 3 is 1.90 bits per heavy atom. The Morgan fingerprint density at radius 1 is 0.712 bits per heavy atom. The molecule has 52 heavy (non-hydrogen) atoms. The van der Waals surface area contributed by atoms with Crippen LogP contribution in [0.4, 0.5) is 0 Å². The van der Waals surface area contributed by atoms with E-state index < -0.39 is 41.4 Å². The molecule has 11 nitrogen and oxygen atoms in total. The summed E-state index contributed by atoms with van der Waals surface area (Å²) in [5, 5.41) is 31.7. The van der Waals surface area contributed by atoms with Crippen molar-refractivity contribution in [3.05, 3.63) is 63.2 Å². The van der Waals surface area contributed by atoms with Crippen LogP contribution in [-0.4, -0.2) is 69.9 Å². The minimum absolute atomic E-state index is 0.0623. The zero-order valence-electron chi connectivity index (χ0n) is 31.6. The molecule has 12 heteroatoms. The number of benzene rings is 2. The van der Waals surface area contributed by atoms with Crippen LogP contribution in [-0.2, 0) is 36.8 Å². The number of ketones is 1. The van der Waals surface area contributed by atoms with Crippen molar-refractivity contribution in [2.24, 2.45) is 5.41 Å². The van der Waals surface area contributed by atoms with Gasteiger partial charge in [0.1, 0.15) is 23.6 Å². The molecule has 3 unspecified atom stereocenters. The number of carbonyl (C=O) groups is 5. The highest BCUT2D eigenvalue weighted by Crippen LogP contribution is 2.22. The molecule has 0 aromatic heterocycles. The van der Waals surface area contributed by atoms with Crippen molar-refractivity contribution in [2.45, 2.75) is 136 Å². The maximum Gasteiger partial charge on any atom is 0.326 e. The number of carboxylic acids is 1. The van der Waals surface area contributed by atoms with E-state index in [1.165, 1.54) is 0 Å². The molecular weight excluding hydrogens is 775 g/mol. The summed E-state index contributed by atoms with van der Waals surface area (Å²) in [6.07, 6.45) is 5.92. The smallest absolute Gasteiger partial charge is 0.326 e. The largest absolute Gasteiger partial charge is 0.507 e. The monoisotopic (exact) mass is 834 g/mol. The first-order chi connectivity index (χ1) is 24.4. The highest BCUT2D eigenvalue weighted by molar-refractivity contribution is 14.1. The van der Waals surface area contributed by atoms with Crippen molar-refractivity contribution in [3.63, 3.8) is 0 Å². The van der Waals surface area contributed by atoms with Gasteiger partial charge in [0.25, 0.3) is 0 Å². The van der Waals surface area contributed by atoms with Gasteiger partial charge in [0.05, 0.1) is 9.61 Å². The second-order valence-corrected chi connectivity index (χ2v) is 16.7. The van der Waals surface area contributed by atoms with Gasteiger partial charge in [-0.25, -0.2) is 4.79 Å². The summed E-state index contributed by atoms with van der Waals surface area (Å²) in [5.41, 5.74) is 0.869. The van der Waals surface area contributed by atoms with Crippen LogP contribution in [0.5, 0.6) is 5.75 Å². The summed E-state index contributed by atoms with van der Waals surface area (Å²) < 4.78 is 0.654. The number of unbranched alkanes of at least 4 members (excludes halogenated alkanes) is 4. The molecule has 0 spiro atoms. The molecular formula is C40H59IN4O7. The number of Topliss-reactive ketones (excluding diaryl/α,β-unsaturated/α-hetero) is 1. The van der Waals surface area contributed by atoms with E-state index in [9.17, 15) is 34.2 Å². The van der Waals surface area contributed by atoms with Gasteiger partial charge in [0.15, 0.2) is 0 Å². The predicted molar refractivity (Wildman–Crippen MR) is 212 cm³/mol. The lowest BCUT2D eigenvalue weighted by Crippen LogP contribution is -2.58. The number of carbonyl (C=O) groups excluding carboxylic acids is 4. The van der Waals surface area contributed by atoms with E-state index in [1.54, 1.807) is 18.2 Å². The summed E-state index contributed by atoms with van der Waals surface area (Å²) in [6.45, 7) is 12.0. The van der Waals surface area contributed by atoms with Crippen LogP contribution in [0.1, 0.15) is 110 Å². The third kappa shape index (κ3) is 17.8. The molecule has 0 aliphatic rings. The fourth-order valence-corrected chi connectivity index (χ4v) is 6.18. The quantitative estimate of drug-likeness (QED) is 0.0635. The molecule has 0 aliphatic heterocycles. The topological polar surface area (TPSA) is 174 Å². The number of phenols is 1. The first kappa shape index (κ1) is 44.6. The lowest BCUT2D eigenvalue weighted by Gasteiger charge is -2.30. The van der Waals surface area contributed by atoms with Crippen molar-refractivity contribution in [1.82, 2.24) is 21.3 Å². The Morgan fingerprint density at radius 2 is 1.31 bits per heavy atom. The molecule has 3 atom stereocenters. The first-order valence-electron chi connectivity index (χ1n) is 18.3. The fourth-order valence-electron chi connectivity index (χ4n) is 5.60. The lowest BCUT2D eigenvalue weighted by atomic mass is 9.88. The van der Waals surface area contributed by atoms with Crippen LogP contribution in [0.15, 0.2) is 48.5 Å². The van der Waals surface area contributed by atoms with Gasteiger partial charge in [0.2, 0.25) is 17.7 Å². The molecule has 0 heterocycles. The molecule has 0 bridgehead atoms. The molecule has 2 aromatic carbocycles. The standard InChI is InChI=1S/C40H59IN4O7/c1-39(2,3)34(47)19-12-7-8-13-20-35(48)42-23-15-14-18-30(38(51)52)43-36(49)31(25-27-16-10-9-11-17-27)44-37(50)32(45-40(4,5)6)26-28-21-22-33(46)29(41)24-28/h9-11,16-17,21-22,24,30-32,45-46H,7-8,12-15,18-20,23,25-26H2,1-6H3,(H,42,48)(H,43,49)(H,44,50)(H,51,52). The van der Waals surface area contributed by atoms with Crippen LogP contribution in [0.3, 0.4) is 0 Å². The Balaban J connectivity index is 1.95. The normalized spacial score (nSPS) is 13.4. The number of rotatable bonds is 22. The van der Waals surface area contributed by atoms with Gasteiger partial charge in [-0.2, -0.15) is 0 Å². The van der Waals surface area contributed by atoms with Gasteiger partial charge in [0, 0.05) is 36.8 Å². The Labute approximate surface area is 323 Å². The highest BCUT2D eigenvalue weighted by Gasteiger charge is 2.31. The maximum atomic E-state index is 13.8. The molecule has 0 saturated carbocycles. The summed E-state index contributed by atoms with van der Waals surface area (Å²) in [7, 11) is 0. The van der Waals surface area contributed by atoms with E-state index in [1.807, 2.05) is 94.5 Å². The average molecular weight is 835 g/mol. The first-order valence-corrected chi connectivity index (χ1v) is 19.4. The minimum atomic E-state index is -1.18. The van der Waals surface area contributed by atoms with E-state index in [2.05, 4.69) is 21.3 Å². The zero-order chi connectivity index (χ0) is 38.9. The highest BCUT2D eigenvalue weighted by atomic mass is 127. The number of aromatic hydroxyl groups is 1. The summed E-state index contributed by atoms with van der Waals surface area (Å²) in [4.78, 5) is 63.9. The zero-order valence-corrected chi connectivity index (χ0v) is 33.8. The number of carboxylic acid groups (broad SMARTS) is 1. The Hall–Kier alpha value is -3.52. The van der Waals surface area contributed by atoms with Crippen molar-refractivity contribution < 1.29 is 34.2 Å². The number of halogens is 1. The van der Waals surface area contributed by atoms with Crippen molar-refractivity contribution in [2.75, 3.05) is 6.54 Å². The number of hydrogen-bond donors (Lipinski definition) is 6. The number of nitrogens with one attached hydrogen (secondary N) is 4. The van der Waals surface area contributed by atoms with Crippen LogP contribution in [0, 0.1) is 8.99 Å². The molecule has 0 radical (unpaired) electrons. The second-order valence-electron chi connectivity index (χ2n) is 15.5. The van der Waals surface area contributed by atoms with Crippen molar-refractivity contribution in [1.29, 1.82) is 0 Å². The fraction of sp³-hybridized carbons (Fsp3) is 0.575. The maximum absolute atomic E-state index is 13.8. The van der Waals surface area contributed by atoms with Crippen LogP contribution in [0.25, 0.3) is 0 Å². The Bertz CT molecular complexity index is 1470. The molecule has 2 aromatic rings. The molecule has 0 saturated heterocycles. The summed E-state index contributed by atoms with van der Waals surface area (Å²) in [6, 6.07) is 11.4. The van der Waals surface area contributed by atoms with E-state index in [0.717, 1.165) is 36.8 Å². The molecule has 0 fully saturated rings.